The largest absolute Gasteiger partial charge is 0.384 e. The molecule has 0 bridgehead atoms. The predicted octanol–water partition coefficient (Wildman–Crippen LogP) is 1.39. The molecule has 0 aliphatic carbocycles. The molecule has 17 heavy (non-hydrogen) atoms. The highest BCUT2D eigenvalue weighted by molar-refractivity contribution is 5.99. The van der Waals surface area contributed by atoms with Gasteiger partial charge in [0.15, 0.2) is 5.82 Å². The Labute approximate surface area is 102 Å². The van der Waals surface area contributed by atoms with Crippen LogP contribution in [0.2, 0.25) is 0 Å². The van der Waals surface area contributed by atoms with Gasteiger partial charge in [-0.3, -0.25) is 5.41 Å². The molecule has 0 aromatic carbocycles. The maximum absolute atomic E-state index is 7.59. The Morgan fingerprint density at radius 2 is 2.24 bits per heavy atom. The van der Waals surface area contributed by atoms with Crippen molar-refractivity contribution >= 4 is 11.7 Å². The van der Waals surface area contributed by atoms with Gasteiger partial charge in [-0.1, -0.05) is 6.92 Å². The summed E-state index contributed by atoms with van der Waals surface area (Å²) in [5.41, 5.74) is 6.27. The first-order valence-corrected chi connectivity index (χ1v) is 6.02. The van der Waals surface area contributed by atoms with Crippen LogP contribution in [0.5, 0.6) is 0 Å². The van der Waals surface area contributed by atoms with Crippen LogP contribution in [0.4, 0.5) is 5.82 Å². The summed E-state index contributed by atoms with van der Waals surface area (Å²) < 4.78 is 0. The van der Waals surface area contributed by atoms with Crippen molar-refractivity contribution in [3.8, 4) is 0 Å². The Morgan fingerprint density at radius 1 is 1.47 bits per heavy atom. The molecule has 2 heterocycles. The van der Waals surface area contributed by atoms with Gasteiger partial charge in [0.2, 0.25) is 0 Å². The van der Waals surface area contributed by atoms with Crippen molar-refractivity contribution in [3.63, 3.8) is 0 Å². The van der Waals surface area contributed by atoms with Crippen molar-refractivity contribution in [2.45, 2.75) is 32.7 Å². The fourth-order valence-electron chi connectivity index (χ4n) is 2.33. The zero-order valence-electron chi connectivity index (χ0n) is 10.3. The summed E-state index contributed by atoms with van der Waals surface area (Å²) in [6.07, 6.45) is 3.97. The minimum atomic E-state index is 0.0559. The van der Waals surface area contributed by atoms with E-state index in [0.717, 1.165) is 18.8 Å². The highest BCUT2D eigenvalue weighted by Gasteiger charge is 2.26. The van der Waals surface area contributed by atoms with Crippen LogP contribution in [0.15, 0.2) is 12.3 Å². The van der Waals surface area contributed by atoms with Gasteiger partial charge in [-0.2, -0.15) is 5.10 Å². The second kappa shape index (κ2) is 4.69. The average molecular weight is 233 g/mol. The second-order valence-electron chi connectivity index (χ2n) is 4.87. The molecule has 1 saturated heterocycles. The predicted molar refractivity (Wildman–Crippen MR) is 68.3 cm³/mol. The topological polar surface area (TPSA) is 78.9 Å². The molecule has 0 spiro atoms. The highest BCUT2D eigenvalue weighted by Crippen LogP contribution is 2.27. The first-order valence-electron chi connectivity index (χ1n) is 6.02. The Morgan fingerprint density at radius 3 is 2.94 bits per heavy atom. The van der Waals surface area contributed by atoms with Crippen LogP contribution in [-0.2, 0) is 0 Å². The standard InChI is InChI=1S/C12H19N5/c1-8-3-4-9(2)17(7-8)12-10(11(13)14)5-6-15-16-12/h5-6,8-9H,3-4,7H2,1-2H3,(H3,13,14). The lowest BCUT2D eigenvalue weighted by atomic mass is 9.94. The quantitative estimate of drug-likeness (QED) is 0.597. The number of piperidine rings is 1. The number of nitrogens with one attached hydrogen (secondary N) is 1. The lowest BCUT2D eigenvalue weighted by molar-refractivity contribution is 0.387. The number of nitrogens with zero attached hydrogens (tertiary/aromatic N) is 3. The third-order valence-corrected chi connectivity index (χ3v) is 3.38. The summed E-state index contributed by atoms with van der Waals surface area (Å²) in [6, 6.07) is 2.19. The van der Waals surface area contributed by atoms with Crippen LogP contribution >= 0.6 is 0 Å². The molecule has 0 saturated carbocycles. The Balaban J connectivity index is 2.35. The van der Waals surface area contributed by atoms with E-state index >= 15 is 0 Å². The van der Waals surface area contributed by atoms with Crippen molar-refractivity contribution in [1.82, 2.24) is 10.2 Å². The van der Waals surface area contributed by atoms with Gasteiger partial charge in [0.05, 0.1) is 11.8 Å². The fraction of sp³-hybridized carbons (Fsp3) is 0.583. The molecule has 0 amide bonds. The molecule has 2 unspecified atom stereocenters. The highest BCUT2D eigenvalue weighted by atomic mass is 15.3. The van der Waals surface area contributed by atoms with E-state index in [1.54, 1.807) is 12.3 Å². The first kappa shape index (κ1) is 11.8. The van der Waals surface area contributed by atoms with Crippen molar-refractivity contribution < 1.29 is 0 Å². The van der Waals surface area contributed by atoms with Crippen LogP contribution in [0.3, 0.4) is 0 Å². The third kappa shape index (κ3) is 2.38. The number of aromatic nitrogens is 2. The Bertz CT molecular complexity index is 417. The van der Waals surface area contributed by atoms with E-state index < -0.39 is 0 Å². The van der Waals surface area contributed by atoms with Crippen LogP contribution in [0.25, 0.3) is 0 Å². The summed E-state index contributed by atoms with van der Waals surface area (Å²) >= 11 is 0. The van der Waals surface area contributed by atoms with Crippen LogP contribution in [-0.4, -0.2) is 28.6 Å². The van der Waals surface area contributed by atoms with Crippen LogP contribution in [0, 0.1) is 11.3 Å². The molecule has 1 aliphatic rings. The number of hydrogen-bond acceptors (Lipinski definition) is 4. The molecule has 1 aliphatic heterocycles. The van der Waals surface area contributed by atoms with Gasteiger partial charge in [-0.05, 0) is 31.7 Å². The van der Waals surface area contributed by atoms with Gasteiger partial charge in [-0.15, -0.1) is 5.10 Å². The van der Waals surface area contributed by atoms with Gasteiger partial charge in [0.25, 0.3) is 0 Å². The van der Waals surface area contributed by atoms with E-state index in [1.165, 1.54) is 6.42 Å². The van der Waals surface area contributed by atoms with Crippen LogP contribution < -0.4 is 10.6 Å². The molecule has 1 fully saturated rings. The Hall–Kier alpha value is -1.65. The normalized spacial score (nSPS) is 24.7. The van der Waals surface area contributed by atoms with E-state index in [1.807, 2.05) is 0 Å². The Kier molecular flexibility index (Phi) is 3.26. The van der Waals surface area contributed by atoms with Crippen molar-refractivity contribution in [1.29, 1.82) is 5.41 Å². The number of nitrogens with two attached hydrogens (primary N) is 1. The van der Waals surface area contributed by atoms with Crippen molar-refractivity contribution in [2.75, 3.05) is 11.4 Å². The number of amidine groups is 1. The van der Waals surface area contributed by atoms with Gasteiger partial charge in [0.1, 0.15) is 5.84 Å². The van der Waals surface area contributed by atoms with E-state index in [-0.39, 0.29) is 5.84 Å². The van der Waals surface area contributed by atoms with Crippen LogP contribution in [0.1, 0.15) is 32.3 Å². The molecule has 5 nitrogen and oxygen atoms in total. The number of nitrogen functional groups attached to an aromatic ring is 1. The summed E-state index contributed by atoms with van der Waals surface area (Å²) in [4.78, 5) is 2.22. The molecular weight excluding hydrogens is 214 g/mol. The number of rotatable bonds is 2. The van der Waals surface area contributed by atoms with Gasteiger partial charge in [-0.25, -0.2) is 0 Å². The average Bonchev–Trinajstić information content (AvgIpc) is 2.32. The molecular formula is C12H19N5. The molecule has 1 aromatic rings. The van der Waals surface area contributed by atoms with Gasteiger partial charge >= 0.3 is 0 Å². The van der Waals surface area contributed by atoms with Gasteiger partial charge in [0, 0.05) is 12.6 Å². The SMILES string of the molecule is CC1CCC(C)N(c2nnccc2C(=N)N)C1. The lowest BCUT2D eigenvalue weighted by Gasteiger charge is -2.38. The maximum Gasteiger partial charge on any atom is 0.162 e. The van der Waals surface area contributed by atoms with E-state index in [0.29, 0.717) is 17.5 Å². The zero-order chi connectivity index (χ0) is 12.4. The molecule has 92 valence electrons. The molecule has 2 rings (SSSR count). The van der Waals surface area contributed by atoms with E-state index in [2.05, 4.69) is 28.9 Å². The fourth-order valence-corrected chi connectivity index (χ4v) is 2.33. The zero-order valence-corrected chi connectivity index (χ0v) is 10.3. The molecule has 0 radical (unpaired) electrons. The third-order valence-electron chi connectivity index (χ3n) is 3.38. The van der Waals surface area contributed by atoms with Crippen molar-refractivity contribution in [2.24, 2.45) is 11.7 Å². The maximum atomic E-state index is 7.59. The molecule has 5 heteroatoms. The second-order valence-corrected chi connectivity index (χ2v) is 4.87. The summed E-state index contributed by atoms with van der Waals surface area (Å²) in [5, 5.41) is 15.7. The van der Waals surface area contributed by atoms with Crippen molar-refractivity contribution in [3.05, 3.63) is 17.8 Å². The molecule has 1 aromatic heterocycles. The first-order chi connectivity index (χ1) is 8.09. The van der Waals surface area contributed by atoms with Gasteiger partial charge < -0.3 is 10.6 Å². The molecule has 3 N–H and O–H groups in total. The minimum absolute atomic E-state index is 0.0559. The monoisotopic (exact) mass is 233 g/mol. The minimum Gasteiger partial charge on any atom is -0.384 e. The number of hydrogen-bond donors (Lipinski definition) is 2. The smallest absolute Gasteiger partial charge is 0.162 e. The lowest BCUT2D eigenvalue weighted by Crippen LogP contribution is -2.42. The van der Waals surface area contributed by atoms with E-state index in [9.17, 15) is 0 Å². The molecule has 2 atom stereocenters. The summed E-state index contributed by atoms with van der Waals surface area (Å²) in [6.45, 7) is 5.38. The summed E-state index contributed by atoms with van der Waals surface area (Å²) in [5.74, 6) is 1.45. The number of anilines is 1. The summed E-state index contributed by atoms with van der Waals surface area (Å²) in [7, 11) is 0. The van der Waals surface area contributed by atoms with E-state index in [4.69, 9.17) is 11.1 Å².